The first-order valence-corrected chi connectivity index (χ1v) is 11.2. The lowest BCUT2D eigenvalue weighted by molar-refractivity contribution is 0.0636. The normalized spacial score (nSPS) is 11.9. The lowest BCUT2D eigenvalue weighted by Gasteiger charge is -2.19. The second-order valence-electron chi connectivity index (χ2n) is 8.67. The van der Waals surface area contributed by atoms with Gasteiger partial charge in [0.05, 0.1) is 5.69 Å². The highest BCUT2D eigenvalue weighted by Gasteiger charge is 2.16. The Balaban J connectivity index is 1.76. The number of rotatable bonds is 9. The SMILES string of the molecule is CCNC(=NCCCc1c(C)noc1C)NCCc1ccc(NC(=O)OC(C)(C)C)cc1. The van der Waals surface area contributed by atoms with Crippen molar-refractivity contribution in [3.05, 3.63) is 46.8 Å². The minimum absolute atomic E-state index is 0.451. The fourth-order valence-electron chi connectivity index (χ4n) is 3.15. The summed E-state index contributed by atoms with van der Waals surface area (Å²) in [7, 11) is 0. The number of hydrogen-bond donors (Lipinski definition) is 3. The number of aromatic nitrogens is 1. The first-order chi connectivity index (χ1) is 15.2. The molecule has 1 heterocycles. The molecule has 0 saturated carbocycles. The van der Waals surface area contributed by atoms with Gasteiger partial charge in [-0.2, -0.15) is 0 Å². The Morgan fingerprint density at radius 1 is 1.12 bits per heavy atom. The van der Waals surface area contributed by atoms with Crippen molar-refractivity contribution < 1.29 is 14.1 Å². The Hall–Kier alpha value is -3.03. The van der Waals surface area contributed by atoms with Crippen molar-refractivity contribution in [1.82, 2.24) is 15.8 Å². The summed E-state index contributed by atoms with van der Waals surface area (Å²) < 4.78 is 10.5. The molecule has 1 aromatic heterocycles. The predicted molar refractivity (Wildman–Crippen MR) is 128 cm³/mol. The number of carbonyl (C=O) groups is 1. The molecule has 0 fully saturated rings. The van der Waals surface area contributed by atoms with Crippen LogP contribution in [-0.4, -0.2) is 42.4 Å². The number of nitrogens with one attached hydrogen (secondary N) is 3. The van der Waals surface area contributed by atoms with E-state index in [0.717, 1.165) is 56.3 Å². The minimum atomic E-state index is -0.518. The van der Waals surface area contributed by atoms with Crippen LogP contribution in [0.3, 0.4) is 0 Å². The number of amides is 1. The Morgan fingerprint density at radius 2 is 1.84 bits per heavy atom. The summed E-state index contributed by atoms with van der Waals surface area (Å²) in [5.74, 6) is 1.71. The van der Waals surface area contributed by atoms with Crippen LogP contribution < -0.4 is 16.0 Å². The first kappa shape index (κ1) is 25.2. The topological polar surface area (TPSA) is 101 Å². The highest BCUT2D eigenvalue weighted by Crippen LogP contribution is 2.14. The van der Waals surface area contributed by atoms with E-state index < -0.39 is 11.7 Å². The second kappa shape index (κ2) is 12.1. The van der Waals surface area contributed by atoms with Gasteiger partial charge in [0.15, 0.2) is 5.96 Å². The van der Waals surface area contributed by atoms with Crippen molar-refractivity contribution in [1.29, 1.82) is 0 Å². The van der Waals surface area contributed by atoms with E-state index in [-0.39, 0.29) is 0 Å². The van der Waals surface area contributed by atoms with Crippen molar-refractivity contribution in [3.63, 3.8) is 0 Å². The number of ether oxygens (including phenoxy) is 1. The summed E-state index contributed by atoms with van der Waals surface area (Å²) in [4.78, 5) is 16.5. The maximum atomic E-state index is 11.9. The van der Waals surface area contributed by atoms with Gasteiger partial charge in [-0.15, -0.1) is 0 Å². The molecule has 32 heavy (non-hydrogen) atoms. The summed E-state index contributed by atoms with van der Waals surface area (Å²) in [5.41, 5.74) is 3.51. The molecule has 1 aromatic carbocycles. The van der Waals surface area contributed by atoms with Gasteiger partial charge in [0.2, 0.25) is 0 Å². The van der Waals surface area contributed by atoms with E-state index in [1.165, 1.54) is 11.1 Å². The minimum Gasteiger partial charge on any atom is -0.444 e. The molecule has 0 unspecified atom stereocenters. The summed E-state index contributed by atoms with van der Waals surface area (Å²) in [6.07, 6.45) is 2.24. The third-order valence-corrected chi connectivity index (χ3v) is 4.69. The number of guanidine groups is 1. The second-order valence-corrected chi connectivity index (χ2v) is 8.67. The molecule has 2 rings (SSSR count). The van der Waals surface area contributed by atoms with Crippen LogP contribution >= 0.6 is 0 Å². The van der Waals surface area contributed by atoms with Gasteiger partial charge >= 0.3 is 6.09 Å². The van der Waals surface area contributed by atoms with Crippen LogP contribution in [0.15, 0.2) is 33.8 Å². The molecule has 0 spiro atoms. The van der Waals surface area contributed by atoms with Crippen LogP contribution in [0.2, 0.25) is 0 Å². The van der Waals surface area contributed by atoms with Gasteiger partial charge in [-0.1, -0.05) is 17.3 Å². The molecule has 1 amide bonds. The van der Waals surface area contributed by atoms with E-state index in [9.17, 15) is 4.79 Å². The van der Waals surface area contributed by atoms with Gasteiger partial charge in [0.1, 0.15) is 11.4 Å². The fraction of sp³-hybridized carbons (Fsp3) is 0.542. The molecule has 0 aliphatic rings. The molecule has 0 aliphatic heterocycles. The van der Waals surface area contributed by atoms with Gasteiger partial charge < -0.3 is 19.9 Å². The molecule has 0 radical (unpaired) electrons. The summed E-state index contributed by atoms with van der Waals surface area (Å²) in [6, 6.07) is 7.77. The quantitative estimate of drug-likeness (QED) is 0.302. The molecular weight excluding hydrogens is 406 g/mol. The molecule has 8 nitrogen and oxygen atoms in total. The zero-order valence-electron chi connectivity index (χ0n) is 20.2. The number of benzene rings is 1. The van der Waals surface area contributed by atoms with Crippen LogP contribution in [0.1, 0.15) is 56.7 Å². The average Bonchev–Trinajstić information content (AvgIpc) is 3.03. The molecule has 3 N–H and O–H groups in total. The largest absolute Gasteiger partial charge is 0.444 e. The van der Waals surface area contributed by atoms with E-state index in [4.69, 9.17) is 9.26 Å². The van der Waals surface area contributed by atoms with E-state index in [1.807, 2.05) is 58.9 Å². The fourth-order valence-corrected chi connectivity index (χ4v) is 3.15. The Morgan fingerprint density at radius 3 is 2.44 bits per heavy atom. The van der Waals surface area contributed by atoms with Gasteiger partial charge in [0, 0.05) is 30.9 Å². The number of aryl methyl sites for hydroxylation is 2. The molecule has 0 atom stereocenters. The van der Waals surface area contributed by atoms with Crippen molar-refractivity contribution in [2.24, 2.45) is 4.99 Å². The van der Waals surface area contributed by atoms with E-state index in [1.54, 1.807) is 0 Å². The van der Waals surface area contributed by atoms with E-state index >= 15 is 0 Å². The Bertz CT molecular complexity index is 863. The Kier molecular flexibility index (Phi) is 9.56. The smallest absolute Gasteiger partial charge is 0.412 e. The lowest BCUT2D eigenvalue weighted by Crippen LogP contribution is -2.38. The van der Waals surface area contributed by atoms with E-state index in [2.05, 4.69) is 33.0 Å². The van der Waals surface area contributed by atoms with Gasteiger partial charge in [-0.3, -0.25) is 10.3 Å². The zero-order valence-corrected chi connectivity index (χ0v) is 20.2. The number of carbonyl (C=O) groups excluding carboxylic acids is 1. The lowest BCUT2D eigenvalue weighted by atomic mass is 10.1. The van der Waals surface area contributed by atoms with Crippen LogP contribution in [0.5, 0.6) is 0 Å². The third kappa shape index (κ3) is 8.99. The van der Waals surface area contributed by atoms with Gasteiger partial charge in [-0.05, 0) is 78.5 Å². The first-order valence-electron chi connectivity index (χ1n) is 11.2. The van der Waals surface area contributed by atoms with Crippen LogP contribution in [-0.2, 0) is 17.6 Å². The highest BCUT2D eigenvalue weighted by molar-refractivity contribution is 5.84. The zero-order chi connectivity index (χ0) is 23.6. The molecular formula is C24H37N5O3. The molecule has 2 aromatic rings. The molecule has 0 saturated heterocycles. The third-order valence-electron chi connectivity index (χ3n) is 4.69. The number of anilines is 1. The molecule has 0 bridgehead atoms. The number of nitrogens with zero attached hydrogens (tertiary/aromatic N) is 2. The van der Waals surface area contributed by atoms with Gasteiger partial charge in [-0.25, -0.2) is 4.79 Å². The molecule has 8 heteroatoms. The van der Waals surface area contributed by atoms with Crippen molar-refractivity contribution in [2.75, 3.05) is 25.0 Å². The maximum absolute atomic E-state index is 11.9. The van der Waals surface area contributed by atoms with E-state index in [0.29, 0.717) is 5.69 Å². The van der Waals surface area contributed by atoms with Crippen LogP contribution in [0.4, 0.5) is 10.5 Å². The molecule has 0 aliphatic carbocycles. The van der Waals surface area contributed by atoms with Crippen molar-refractivity contribution in [3.8, 4) is 0 Å². The summed E-state index contributed by atoms with van der Waals surface area (Å²) in [6.45, 7) is 13.8. The summed E-state index contributed by atoms with van der Waals surface area (Å²) >= 11 is 0. The average molecular weight is 444 g/mol. The van der Waals surface area contributed by atoms with Crippen molar-refractivity contribution >= 4 is 17.7 Å². The predicted octanol–water partition coefficient (Wildman–Crippen LogP) is 4.37. The number of hydrogen-bond acceptors (Lipinski definition) is 5. The standard InChI is InChI=1S/C24H37N5O3/c1-7-25-22(26-15-8-9-21-17(2)29-32-18(21)3)27-16-14-19-10-12-20(13-11-19)28-23(30)31-24(4,5)6/h10-13H,7-9,14-16H2,1-6H3,(H,28,30)(H2,25,26,27). The Labute approximate surface area is 191 Å². The van der Waals surface area contributed by atoms with Crippen LogP contribution in [0.25, 0.3) is 0 Å². The van der Waals surface area contributed by atoms with Crippen LogP contribution in [0, 0.1) is 13.8 Å². The molecule has 176 valence electrons. The highest BCUT2D eigenvalue weighted by atomic mass is 16.6. The van der Waals surface area contributed by atoms with Gasteiger partial charge in [0.25, 0.3) is 0 Å². The van der Waals surface area contributed by atoms with Crippen molar-refractivity contribution in [2.45, 2.75) is 66.4 Å². The number of aliphatic imine (C=N–C) groups is 1. The monoisotopic (exact) mass is 443 g/mol. The maximum Gasteiger partial charge on any atom is 0.412 e. The summed E-state index contributed by atoms with van der Waals surface area (Å²) in [5, 5.41) is 13.4.